The highest BCUT2D eigenvalue weighted by Gasteiger charge is 2.10. The van der Waals surface area contributed by atoms with Gasteiger partial charge in [0.1, 0.15) is 0 Å². The summed E-state index contributed by atoms with van der Waals surface area (Å²) >= 11 is 0. The van der Waals surface area contributed by atoms with Gasteiger partial charge in [-0.1, -0.05) is 90.5 Å². The number of rotatable bonds is 3. The van der Waals surface area contributed by atoms with Gasteiger partial charge in [-0.3, -0.25) is 0 Å². The van der Waals surface area contributed by atoms with Gasteiger partial charge in [0.2, 0.25) is 0 Å². The van der Waals surface area contributed by atoms with E-state index >= 15 is 0 Å². The first-order valence-corrected chi connectivity index (χ1v) is 7.64. The first-order chi connectivity index (χ1) is 10.8. The number of hydrogen-bond acceptors (Lipinski definition) is 0. The second kappa shape index (κ2) is 6.44. The maximum absolute atomic E-state index is 2.21. The largest absolute Gasteiger partial charge is 0.0622 e. The lowest BCUT2D eigenvalue weighted by Crippen LogP contribution is -1.93. The van der Waals surface area contributed by atoms with Crippen molar-refractivity contribution in [2.75, 3.05) is 0 Å². The first kappa shape index (κ1) is 14.3. The Morgan fingerprint density at radius 2 is 1.00 bits per heavy atom. The molecule has 0 saturated carbocycles. The number of hydrogen-bond donors (Lipinski definition) is 0. The summed E-state index contributed by atoms with van der Waals surface area (Å²) in [6, 6.07) is 30.0. The van der Waals surface area contributed by atoms with Crippen molar-refractivity contribution < 1.29 is 0 Å². The summed E-state index contributed by atoms with van der Waals surface area (Å²) in [6.07, 6.45) is 0. The van der Waals surface area contributed by atoms with Crippen LogP contribution in [0.4, 0.5) is 0 Å². The van der Waals surface area contributed by atoms with Crippen molar-refractivity contribution in [1.29, 1.82) is 0 Å². The lowest BCUT2D eigenvalue weighted by molar-refractivity contribution is 1.44. The van der Waals surface area contributed by atoms with Gasteiger partial charge >= 0.3 is 0 Å². The van der Waals surface area contributed by atoms with Crippen LogP contribution < -0.4 is 0 Å². The van der Waals surface area contributed by atoms with Crippen LogP contribution in [-0.2, 0) is 0 Å². The summed E-state index contributed by atoms with van der Waals surface area (Å²) in [5.41, 5.74) is 7.67. The summed E-state index contributed by atoms with van der Waals surface area (Å²) in [4.78, 5) is 0. The quantitative estimate of drug-likeness (QED) is 0.519. The smallest absolute Gasteiger partial charge is 0.00762 e. The summed E-state index contributed by atoms with van der Waals surface area (Å²) < 4.78 is 0. The predicted octanol–water partition coefficient (Wildman–Crippen LogP) is 5.97. The molecule has 0 aliphatic carbocycles. The Morgan fingerprint density at radius 1 is 0.545 bits per heavy atom. The third-order valence-electron chi connectivity index (χ3n) is 3.98. The Bertz CT molecular complexity index is 763. The van der Waals surface area contributed by atoms with Gasteiger partial charge in [-0.25, -0.2) is 0 Å². The molecule has 3 rings (SSSR count). The molecule has 0 aliphatic heterocycles. The van der Waals surface area contributed by atoms with E-state index in [0.717, 1.165) is 0 Å². The molecule has 0 saturated heterocycles. The van der Waals surface area contributed by atoms with Crippen molar-refractivity contribution in [1.82, 2.24) is 0 Å². The molecule has 0 N–H and O–H groups in total. The maximum Gasteiger partial charge on any atom is -0.00762 e. The lowest BCUT2D eigenvalue weighted by atomic mass is 9.90. The van der Waals surface area contributed by atoms with Gasteiger partial charge in [-0.15, -0.1) is 0 Å². The fourth-order valence-corrected chi connectivity index (χ4v) is 2.76. The standard InChI is InChI=1S/C22H20/c1-17-13-15-21(16-14-17)22(20-11-7-4-8-12-20)18(2)19-9-5-3-6-10-19/h3-16H,1-2H3/b22-18+. The van der Waals surface area contributed by atoms with E-state index in [1.54, 1.807) is 0 Å². The van der Waals surface area contributed by atoms with E-state index < -0.39 is 0 Å². The van der Waals surface area contributed by atoms with Crippen molar-refractivity contribution in [3.8, 4) is 0 Å². The van der Waals surface area contributed by atoms with E-state index in [4.69, 9.17) is 0 Å². The van der Waals surface area contributed by atoms with Crippen LogP contribution in [0.3, 0.4) is 0 Å². The molecular formula is C22H20. The molecule has 3 aromatic rings. The predicted molar refractivity (Wildman–Crippen MR) is 95.7 cm³/mol. The van der Waals surface area contributed by atoms with Crippen LogP contribution >= 0.6 is 0 Å². The molecule has 0 heterocycles. The van der Waals surface area contributed by atoms with Crippen LogP contribution in [0.5, 0.6) is 0 Å². The Hall–Kier alpha value is -2.60. The van der Waals surface area contributed by atoms with Crippen molar-refractivity contribution in [3.05, 3.63) is 107 Å². The third-order valence-corrected chi connectivity index (χ3v) is 3.98. The molecule has 0 fully saturated rings. The Labute approximate surface area is 132 Å². The second-order valence-electron chi connectivity index (χ2n) is 5.60. The van der Waals surface area contributed by atoms with Gasteiger partial charge in [-0.05, 0) is 41.7 Å². The monoisotopic (exact) mass is 284 g/mol. The molecular weight excluding hydrogens is 264 g/mol. The molecule has 0 amide bonds. The minimum absolute atomic E-state index is 1.26. The van der Waals surface area contributed by atoms with Crippen LogP contribution in [0.1, 0.15) is 29.2 Å². The fourth-order valence-electron chi connectivity index (χ4n) is 2.76. The highest BCUT2D eigenvalue weighted by molar-refractivity contribution is 5.97. The van der Waals surface area contributed by atoms with Gasteiger partial charge in [0.05, 0.1) is 0 Å². The van der Waals surface area contributed by atoms with Crippen molar-refractivity contribution in [2.45, 2.75) is 13.8 Å². The Morgan fingerprint density at radius 3 is 1.55 bits per heavy atom. The number of benzene rings is 3. The van der Waals surface area contributed by atoms with Crippen molar-refractivity contribution in [3.63, 3.8) is 0 Å². The van der Waals surface area contributed by atoms with Gasteiger partial charge in [0.25, 0.3) is 0 Å². The molecule has 0 nitrogen and oxygen atoms in total. The van der Waals surface area contributed by atoms with E-state index in [-0.39, 0.29) is 0 Å². The first-order valence-electron chi connectivity index (χ1n) is 7.64. The van der Waals surface area contributed by atoms with E-state index in [0.29, 0.717) is 0 Å². The SMILES string of the molecule is C/C(=C(/c1ccccc1)c1ccc(C)cc1)c1ccccc1. The van der Waals surface area contributed by atoms with E-state index in [1.165, 1.54) is 33.4 Å². The van der Waals surface area contributed by atoms with Crippen LogP contribution in [0, 0.1) is 6.92 Å². The third kappa shape index (κ3) is 3.01. The van der Waals surface area contributed by atoms with Crippen LogP contribution in [0.25, 0.3) is 11.1 Å². The van der Waals surface area contributed by atoms with Gasteiger partial charge in [0, 0.05) is 0 Å². The molecule has 0 unspecified atom stereocenters. The Kier molecular flexibility index (Phi) is 4.20. The van der Waals surface area contributed by atoms with Crippen molar-refractivity contribution >= 4 is 11.1 Å². The zero-order valence-corrected chi connectivity index (χ0v) is 13.1. The zero-order chi connectivity index (χ0) is 15.4. The molecule has 0 radical (unpaired) electrons. The summed E-state index contributed by atoms with van der Waals surface area (Å²) in [5, 5.41) is 0. The summed E-state index contributed by atoms with van der Waals surface area (Å²) in [7, 11) is 0. The lowest BCUT2D eigenvalue weighted by Gasteiger charge is -2.14. The summed E-state index contributed by atoms with van der Waals surface area (Å²) in [5.74, 6) is 0. The molecule has 0 aromatic heterocycles. The molecule has 0 spiro atoms. The van der Waals surface area contributed by atoms with Gasteiger partial charge < -0.3 is 0 Å². The van der Waals surface area contributed by atoms with Crippen LogP contribution in [0.2, 0.25) is 0 Å². The van der Waals surface area contributed by atoms with E-state index in [9.17, 15) is 0 Å². The average molecular weight is 284 g/mol. The zero-order valence-electron chi connectivity index (χ0n) is 13.1. The van der Waals surface area contributed by atoms with Crippen LogP contribution in [0.15, 0.2) is 84.9 Å². The molecule has 3 aromatic carbocycles. The van der Waals surface area contributed by atoms with E-state index in [2.05, 4.69) is 98.8 Å². The minimum atomic E-state index is 1.26. The number of aryl methyl sites for hydroxylation is 1. The van der Waals surface area contributed by atoms with E-state index in [1.807, 2.05) is 0 Å². The van der Waals surface area contributed by atoms with Gasteiger partial charge in [-0.2, -0.15) is 0 Å². The average Bonchev–Trinajstić information content (AvgIpc) is 2.58. The summed E-state index contributed by atoms with van der Waals surface area (Å²) in [6.45, 7) is 4.33. The molecule has 0 atom stereocenters. The topological polar surface area (TPSA) is 0 Å². The minimum Gasteiger partial charge on any atom is -0.0622 e. The normalized spacial score (nSPS) is 11.9. The number of allylic oxidation sites excluding steroid dienone is 1. The highest BCUT2D eigenvalue weighted by atomic mass is 14.1. The molecule has 0 bridgehead atoms. The second-order valence-corrected chi connectivity index (χ2v) is 5.60. The molecule has 0 heteroatoms. The van der Waals surface area contributed by atoms with Crippen LogP contribution in [-0.4, -0.2) is 0 Å². The maximum atomic E-state index is 2.21. The van der Waals surface area contributed by atoms with Crippen molar-refractivity contribution in [2.24, 2.45) is 0 Å². The highest BCUT2D eigenvalue weighted by Crippen LogP contribution is 2.32. The Balaban J connectivity index is 2.21. The fraction of sp³-hybridized carbons (Fsp3) is 0.0909. The molecule has 108 valence electrons. The van der Waals surface area contributed by atoms with Gasteiger partial charge in [0.15, 0.2) is 0 Å². The molecule has 22 heavy (non-hydrogen) atoms. The molecule has 0 aliphatic rings.